The second-order valence-corrected chi connectivity index (χ2v) is 9.14. The number of nitrogens with zero attached hydrogens (tertiary/aromatic N) is 2. The van der Waals surface area contributed by atoms with Gasteiger partial charge in [0.2, 0.25) is 21.8 Å². The van der Waals surface area contributed by atoms with Crippen LogP contribution in [0.2, 0.25) is 5.02 Å². The first-order valence-corrected chi connectivity index (χ1v) is 11.7. The van der Waals surface area contributed by atoms with Crippen molar-refractivity contribution in [2.45, 2.75) is 25.9 Å². The second-order valence-electron chi connectivity index (χ2n) is 6.80. The summed E-state index contributed by atoms with van der Waals surface area (Å²) >= 11 is 6.01. The number of hydrogen-bond acceptors (Lipinski definition) is 4. The van der Waals surface area contributed by atoms with Crippen molar-refractivity contribution in [3.05, 3.63) is 65.2 Å². The van der Waals surface area contributed by atoms with Crippen molar-refractivity contribution in [3.63, 3.8) is 0 Å². The third-order valence-corrected chi connectivity index (χ3v) is 5.98. The Hall–Kier alpha value is -2.58. The highest BCUT2D eigenvalue weighted by Gasteiger charge is 2.31. The van der Waals surface area contributed by atoms with Crippen LogP contribution in [-0.4, -0.2) is 51.0 Å². The Kier molecular flexibility index (Phi) is 8.25. The number of carbonyl (C=O) groups excluding carboxylic acids is 2. The van der Waals surface area contributed by atoms with Gasteiger partial charge in [-0.1, -0.05) is 54.9 Å². The van der Waals surface area contributed by atoms with Crippen LogP contribution in [-0.2, 0) is 26.2 Å². The molecule has 2 aromatic rings. The van der Waals surface area contributed by atoms with Crippen LogP contribution in [0.4, 0.5) is 5.69 Å². The van der Waals surface area contributed by atoms with Crippen molar-refractivity contribution in [3.8, 4) is 0 Å². The minimum atomic E-state index is -3.77. The first-order valence-electron chi connectivity index (χ1n) is 9.45. The van der Waals surface area contributed by atoms with E-state index in [1.165, 1.54) is 18.0 Å². The van der Waals surface area contributed by atoms with E-state index in [-0.39, 0.29) is 18.1 Å². The van der Waals surface area contributed by atoms with Crippen molar-refractivity contribution in [1.29, 1.82) is 0 Å². The molecule has 7 nitrogen and oxygen atoms in total. The number of rotatable bonds is 9. The molecular formula is C21H26ClN3O4S. The lowest BCUT2D eigenvalue weighted by molar-refractivity contribution is -0.140. The highest BCUT2D eigenvalue weighted by molar-refractivity contribution is 7.92. The van der Waals surface area contributed by atoms with Gasteiger partial charge >= 0.3 is 0 Å². The largest absolute Gasteiger partial charge is 0.357 e. The number of sulfonamides is 1. The standard InChI is InChI=1S/C21H26ClN3O4S/c1-4-19(21(27)23-2)24(14-16-9-6-5-7-10-16)20(26)15-25(30(3,28)29)18-12-8-11-17(22)13-18/h5-13,19H,4,14-15H2,1-3H3,(H,23,27). The van der Waals surface area contributed by atoms with Gasteiger partial charge in [0.05, 0.1) is 11.9 Å². The van der Waals surface area contributed by atoms with Crippen molar-refractivity contribution in [1.82, 2.24) is 10.2 Å². The van der Waals surface area contributed by atoms with E-state index in [4.69, 9.17) is 11.6 Å². The molecule has 0 bridgehead atoms. The Morgan fingerprint density at radius 2 is 1.77 bits per heavy atom. The predicted octanol–water partition coefficient (Wildman–Crippen LogP) is 2.66. The summed E-state index contributed by atoms with van der Waals surface area (Å²) < 4.78 is 25.8. The quantitative estimate of drug-likeness (QED) is 0.635. The van der Waals surface area contributed by atoms with Gasteiger partial charge in [-0.3, -0.25) is 13.9 Å². The molecule has 0 heterocycles. The summed E-state index contributed by atoms with van der Waals surface area (Å²) in [5.74, 6) is -0.796. The maximum atomic E-state index is 13.3. The summed E-state index contributed by atoms with van der Waals surface area (Å²) in [5.41, 5.74) is 1.12. The maximum absolute atomic E-state index is 13.3. The van der Waals surface area contributed by atoms with Crippen LogP contribution in [0.1, 0.15) is 18.9 Å². The number of halogens is 1. The molecule has 0 aromatic heterocycles. The van der Waals surface area contributed by atoms with Crippen LogP contribution < -0.4 is 9.62 Å². The minimum Gasteiger partial charge on any atom is -0.357 e. The Morgan fingerprint density at radius 3 is 2.30 bits per heavy atom. The summed E-state index contributed by atoms with van der Waals surface area (Å²) in [6.07, 6.45) is 1.41. The minimum absolute atomic E-state index is 0.179. The van der Waals surface area contributed by atoms with Crippen LogP contribution in [0, 0.1) is 0 Å². The molecule has 1 N–H and O–H groups in total. The van der Waals surface area contributed by atoms with Crippen LogP contribution in [0.15, 0.2) is 54.6 Å². The Bertz CT molecular complexity index is 983. The zero-order valence-corrected chi connectivity index (χ0v) is 18.8. The van der Waals surface area contributed by atoms with E-state index in [0.717, 1.165) is 16.1 Å². The molecule has 1 unspecified atom stereocenters. The third-order valence-electron chi connectivity index (χ3n) is 4.60. The van der Waals surface area contributed by atoms with E-state index < -0.39 is 28.5 Å². The molecule has 162 valence electrons. The number of carbonyl (C=O) groups is 2. The number of hydrogen-bond donors (Lipinski definition) is 1. The summed E-state index contributed by atoms with van der Waals surface area (Å²) in [6, 6.07) is 14.8. The maximum Gasteiger partial charge on any atom is 0.244 e. The van der Waals surface area contributed by atoms with Gasteiger partial charge < -0.3 is 10.2 Å². The fourth-order valence-corrected chi connectivity index (χ4v) is 4.14. The highest BCUT2D eigenvalue weighted by Crippen LogP contribution is 2.22. The lowest BCUT2D eigenvalue weighted by Gasteiger charge is -2.32. The fourth-order valence-electron chi connectivity index (χ4n) is 3.11. The molecule has 0 saturated heterocycles. The zero-order chi connectivity index (χ0) is 22.3. The first kappa shape index (κ1) is 23.7. The van der Waals surface area contributed by atoms with Crippen molar-refractivity contribution in [2.24, 2.45) is 0 Å². The van der Waals surface area contributed by atoms with E-state index in [9.17, 15) is 18.0 Å². The van der Waals surface area contributed by atoms with E-state index in [0.29, 0.717) is 11.4 Å². The molecular weight excluding hydrogens is 426 g/mol. The normalized spacial score (nSPS) is 12.1. The SMILES string of the molecule is CCC(C(=O)NC)N(Cc1ccccc1)C(=O)CN(c1cccc(Cl)c1)S(C)(=O)=O. The van der Waals surface area contributed by atoms with Crippen molar-refractivity contribution >= 4 is 39.1 Å². The van der Waals surface area contributed by atoms with Crippen LogP contribution in [0.3, 0.4) is 0 Å². The molecule has 0 aliphatic carbocycles. The molecule has 2 aromatic carbocycles. The van der Waals surface area contributed by atoms with Crippen LogP contribution in [0.5, 0.6) is 0 Å². The van der Waals surface area contributed by atoms with Gasteiger partial charge in [-0.25, -0.2) is 8.42 Å². The van der Waals surface area contributed by atoms with E-state index in [1.807, 2.05) is 30.3 Å². The number of anilines is 1. The van der Waals surface area contributed by atoms with Gasteiger partial charge in [0.15, 0.2) is 0 Å². The molecule has 9 heteroatoms. The van der Waals surface area contributed by atoms with E-state index >= 15 is 0 Å². The Morgan fingerprint density at radius 1 is 1.10 bits per heavy atom. The molecule has 0 aliphatic heterocycles. The molecule has 0 fully saturated rings. The lowest BCUT2D eigenvalue weighted by Crippen LogP contribution is -2.51. The van der Waals surface area contributed by atoms with Gasteiger partial charge in [0, 0.05) is 18.6 Å². The smallest absolute Gasteiger partial charge is 0.244 e. The van der Waals surface area contributed by atoms with Crippen LogP contribution >= 0.6 is 11.6 Å². The van der Waals surface area contributed by atoms with Crippen molar-refractivity contribution < 1.29 is 18.0 Å². The third kappa shape index (κ3) is 6.21. The first-order chi connectivity index (χ1) is 14.2. The molecule has 2 rings (SSSR count). The van der Waals surface area contributed by atoms with Gasteiger partial charge in [-0.2, -0.15) is 0 Å². The molecule has 0 saturated carbocycles. The van der Waals surface area contributed by atoms with Crippen LogP contribution in [0.25, 0.3) is 0 Å². The summed E-state index contributed by atoms with van der Waals surface area (Å²) in [5, 5.41) is 2.93. The van der Waals surface area contributed by atoms with E-state index in [2.05, 4.69) is 5.32 Å². The van der Waals surface area contributed by atoms with Gasteiger partial charge in [0.1, 0.15) is 12.6 Å². The average molecular weight is 452 g/mol. The molecule has 1 atom stereocenters. The fraction of sp³-hybridized carbons (Fsp3) is 0.333. The number of nitrogens with one attached hydrogen (secondary N) is 1. The van der Waals surface area contributed by atoms with Gasteiger partial charge in [-0.15, -0.1) is 0 Å². The van der Waals surface area contributed by atoms with E-state index in [1.54, 1.807) is 25.1 Å². The molecule has 0 spiro atoms. The zero-order valence-electron chi connectivity index (χ0n) is 17.2. The molecule has 30 heavy (non-hydrogen) atoms. The molecule has 2 amide bonds. The van der Waals surface area contributed by atoms with Gasteiger partial charge in [-0.05, 0) is 30.2 Å². The summed E-state index contributed by atoms with van der Waals surface area (Å²) in [7, 11) is -2.26. The Labute approximate surface area is 182 Å². The monoisotopic (exact) mass is 451 g/mol. The molecule has 0 aliphatic rings. The van der Waals surface area contributed by atoms with Crippen molar-refractivity contribution in [2.75, 3.05) is 24.2 Å². The predicted molar refractivity (Wildman–Crippen MR) is 119 cm³/mol. The highest BCUT2D eigenvalue weighted by atomic mass is 35.5. The molecule has 0 radical (unpaired) electrons. The summed E-state index contributed by atoms with van der Waals surface area (Å²) in [4.78, 5) is 27.1. The topological polar surface area (TPSA) is 86.8 Å². The second kappa shape index (κ2) is 10.4. The van der Waals surface area contributed by atoms with Gasteiger partial charge in [0.25, 0.3) is 0 Å². The lowest BCUT2D eigenvalue weighted by atomic mass is 10.1. The number of amides is 2. The summed E-state index contributed by atoms with van der Waals surface area (Å²) in [6.45, 7) is 1.54. The number of likely N-dealkylation sites (N-methyl/N-ethyl adjacent to an activating group) is 1. The number of benzene rings is 2. The average Bonchev–Trinajstić information content (AvgIpc) is 2.71. The Balaban J connectivity index is 2.40.